The van der Waals surface area contributed by atoms with Crippen LogP contribution in [0.1, 0.15) is 52.9 Å². The lowest BCUT2D eigenvalue weighted by Gasteiger charge is -2.38. The van der Waals surface area contributed by atoms with E-state index in [1.165, 1.54) is 32.1 Å². The molecule has 0 atom stereocenters. The number of hydrogen-bond acceptors (Lipinski definition) is 2. The summed E-state index contributed by atoms with van der Waals surface area (Å²) in [6.45, 7) is 7.95. The molecule has 1 rings (SSSR count). The van der Waals surface area contributed by atoms with Crippen molar-refractivity contribution in [2.24, 2.45) is 11.1 Å². The Bertz CT molecular complexity index is 166. The van der Waals surface area contributed by atoms with Gasteiger partial charge in [0.15, 0.2) is 0 Å². The summed E-state index contributed by atoms with van der Waals surface area (Å²) in [5.74, 6) is 0. The lowest BCUT2D eigenvalue weighted by Crippen LogP contribution is -2.39. The third-order valence-electron chi connectivity index (χ3n) is 3.16. The minimum Gasteiger partial charge on any atom is -0.375 e. The van der Waals surface area contributed by atoms with Gasteiger partial charge in [-0.1, -0.05) is 19.3 Å². The van der Waals surface area contributed by atoms with Gasteiger partial charge in [0.05, 0.1) is 12.2 Å². The highest BCUT2D eigenvalue weighted by Gasteiger charge is 2.32. The van der Waals surface area contributed by atoms with Gasteiger partial charge in [-0.25, -0.2) is 0 Å². The molecule has 0 unspecified atom stereocenters. The minimum absolute atomic E-state index is 0.0282. The first-order chi connectivity index (χ1) is 6.47. The second-order valence-electron chi connectivity index (χ2n) is 5.67. The normalized spacial score (nSPS) is 22.3. The van der Waals surface area contributed by atoms with Crippen molar-refractivity contribution in [1.29, 1.82) is 0 Å². The van der Waals surface area contributed by atoms with Crippen molar-refractivity contribution in [1.82, 2.24) is 0 Å². The maximum atomic E-state index is 5.89. The van der Waals surface area contributed by atoms with Crippen molar-refractivity contribution < 1.29 is 4.74 Å². The molecule has 0 bridgehead atoms. The van der Waals surface area contributed by atoms with Crippen LogP contribution >= 0.6 is 0 Å². The van der Waals surface area contributed by atoms with Gasteiger partial charge in [-0.2, -0.15) is 0 Å². The summed E-state index contributed by atoms with van der Waals surface area (Å²) in [6, 6.07) is 0. The minimum atomic E-state index is -0.0282. The predicted octanol–water partition coefficient (Wildman–Crippen LogP) is 2.71. The van der Waals surface area contributed by atoms with Gasteiger partial charge in [-0.15, -0.1) is 0 Å². The largest absolute Gasteiger partial charge is 0.375 e. The van der Waals surface area contributed by atoms with Crippen LogP contribution in [0.5, 0.6) is 0 Å². The lowest BCUT2D eigenvalue weighted by molar-refractivity contribution is -0.0603. The van der Waals surface area contributed by atoms with Crippen molar-refractivity contribution in [3.05, 3.63) is 0 Å². The molecule has 0 aromatic rings. The van der Waals surface area contributed by atoms with Crippen LogP contribution in [0.3, 0.4) is 0 Å². The Labute approximate surface area is 88.2 Å². The Balaban J connectivity index is 2.44. The van der Waals surface area contributed by atoms with E-state index in [1.54, 1.807) is 0 Å². The zero-order valence-electron chi connectivity index (χ0n) is 9.94. The highest BCUT2D eigenvalue weighted by molar-refractivity contribution is 4.84. The molecule has 2 nitrogen and oxygen atoms in total. The average molecular weight is 199 g/mol. The Morgan fingerprint density at radius 1 is 1.14 bits per heavy atom. The van der Waals surface area contributed by atoms with Crippen molar-refractivity contribution in [3.8, 4) is 0 Å². The summed E-state index contributed by atoms with van der Waals surface area (Å²) in [4.78, 5) is 0. The summed E-state index contributed by atoms with van der Waals surface area (Å²) in [5.41, 5.74) is 6.14. The fourth-order valence-electron chi connectivity index (χ4n) is 2.08. The van der Waals surface area contributed by atoms with E-state index in [1.807, 2.05) is 0 Å². The standard InChI is InChI=1S/C12H25NO/c1-11(2,3)14-10-12(9-13)7-5-4-6-8-12/h4-10,13H2,1-3H3. The van der Waals surface area contributed by atoms with Gasteiger partial charge in [-0.05, 0) is 33.6 Å². The molecule has 1 saturated carbocycles. The topological polar surface area (TPSA) is 35.2 Å². The number of rotatable bonds is 3. The average Bonchev–Trinajstić information content (AvgIpc) is 2.15. The molecule has 0 amide bonds. The first-order valence-electron chi connectivity index (χ1n) is 5.82. The summed E-state index contributed by atoms with van der Waals surface area (Å²) in [7, 11) is 0. The summed E-state index contributed by atoms with van der Waals surface area (Å²) in [6.07, 6.45) is 6.52. The third-order valence-corrected chi connectivity index (χ3v) is 3.16. The highest BCUT2D eigenvalue weighted by Crippen LogP contribution is 2.36. The third kappa shape index (κ3) is 3.58. The van der Waals surface area contributed by atoms with Gasteiger partial charge in [0.1, 0.15) is 0 Å². The van der Waals surface area contributed by atoms with E-state index in [2.05, 4.69) is 20.8 Å². The van der Waals surface area contributed by atoms with E-state index >= 15 is 0 Å². The highest BCUT2D eigenvalue weighted by atomic mass is 16.5. The molecule has 0 aliphatic heterocycles. The van der Waals surface area contributed by atoms with Gasteiger partial charge >= 0.3 is 0 Å². The smallest absolute Gasteiger partial charge is 0.0598 e. The van der Waals surface area contributed by atoms with Crippen LogP contribution in [0.2, 0.25) is 0 Å². The Morgan fingerprint density at radius 3 is 2.14 bits per heavy atom. The second-order valence-corrected chi connectivity index (χ2v) is 5.67. The Kier molecular flexibility index (Phi) is 3.96. The molecule has 1 fully saturated rings. The van der Waals surface area contributed by atoms with Crippen molar-refractivity contribution in [3.63, 3.8) is 0 Å². The fourth-order valence-corrected chi connectivity index (χ4v) is 2.08. The van der Waals surface area contributed by atoms with Gasteiger partial charge in [-0.3, -0.25) is 0 Å². The van der Waals surface area contributed by atoms with Crippen molar-refractivity contribution in [2.75, 3.05) is 13.2 Å². The summed E-state index contributed by atoms with van der Waals surface area (Å²) in [5, 5.41) is 0. The van der Waals surface area contributed by atoms with E-state index in [0.717, 1.165) is 13.2 Å². The van der Waals surface area contributed by atoms with Gasteiger partial charge in [0.2, 0.25) is 0 Å². The molecular formula is C12H25NO. The Morgan fingerprint density at radius 2 is 1.71 bits per heavy atom. The van der Waals surface area contributed by atoms with E-state index < -0.39 is 0 Å². The molecule has 14 heavy (non-hydrogen) atoms. The Hall–Kier alpha value is -0.0800. The molecule has 0 aromatic heterocycles. The van der Waals surface area contributed by atoms with Crippen LogP contribution in [0.25, 0.3) is 0 Å². The van der Waals surface area contributed by atoms with E-state index in [4.69, 9.17) is 10.5 Å². The second kappa shape index (κ2) is 4.63. The van der Waals surface area contributed by atoms with Crippen molar-refractivity contribution >= 4 is 0 Å². The zero-order chi connectivity index (χ0) is 10.7. The van der Waals surface area contributed by atoms with Crippen LogP contribution in [-0.4, -0.2) is 18.8 Å². The van der Waals surface area contributed by atoms with Crippen LogP contribution in [-0.2, 0) is 4.74 Å². The molecule has 2 N–H and O–H groups in total. The lowest BCUT2D eigenvalue weighted by atomic mass is 9.74. The summed E-state index contributed by atoms with van der Waals surface area (Å²) >= 11 is 0. The molecule has 1 aliphatic rings. The number of hydrogen-bond donors (Lipinski definition) is 1. The van der Waals surface area contributed by atoms with Gasteiger partial charge in [0.25, 0.3) is 0 Å². The molecule has 84 valence electrons. The molecule has 0 aromatic carbocycles. The predicted molar refractivity (Wildman–Crippen MR) is 60.3 cm³/mol. The van der Waals surface area contributed by atoms with E-state index in [-0.39, 0.29) is 11.0 Å². The molecule has 0 heterocycles. The molecule has 0 radical (unpaired) electrons. The van der Waals surface area contributed by atoms with Crippen molar-refractivity contribution in [2.45, 2.75) is 58.5 Å². The maximum Gasteiger partial charge on any atom is 0.0598 e. The monoisotopic (exact) mass is 199 g/mol. The number of nitrogens with two attached hydrogens (primary N) is 1. The molecule has 1 aliphatic carbocycles. The molecule has 0 spiro atoms. The van der Waals surface area contributed by atoms with E-state index in [0.29, 0.717) is 0 Å². The molecular weight excluding hydrogens is 174 g/mol. The quantitative estimate of drug-likeness (QED) is 0.758. The first kappa shape index (κ1) is 12.0. The van der Waals surface area contributed by atoms with Gasteiger partial charge in [0, 0.05) is 12.0 Å². The zero-order valence-corrected chi connectivity index (χ0v) is 9.94. The van der Waals surface area contributed by atoms with Crippen LogP contribution in [0, 0.1) is 5.41 Å². The van der Waals surface area contributed by atoms with Crippen LogP contribution in [0.15, 0.2) is 0 Å². The van der Waals surface area contributed by atoms with E-state index in [9.17, 15) is 0 Å². The molecule has 0 saturated heterocycles. The fraction of sp³-hybridized carbons (Fsp3) is 1.00. The van der Waals surface area contributed by atoms with Gasteiger partial charge < -0.3 is 10.5 Å². The SMILES string of the molecule is CC(C)(C)OCC1(CN)CCCCC1. The first-order valence-corrected chi connectivity index (χ1v) is 5.82. The summed E-state index contributed by atoms with van der Waals surface area (Å²) < 4.78 is 5.88. The number of ether oxygens (including phenoxy) is 1. The van der Waals surface area contributed by atoms with Crippen LogP contribution < -0.4 is 5.73 Å². The molecule has 2 heteroatoms. The van der Waals surface area contributed by atoms with Crippen LogP contribution in [0.4, 0.5) is 0 Å². The maximum absolute atomic E-state index is 5.89.